The zero-order valence-corrected chi connectivity index (χ0v) is 19.3. The molecule has 1 aromatic heterocycles. The van der Waals surface area contributed by atoms with Crippen molar-refractivity contribution in [3.05, 3.63) is 56.2 Å². The van der Waals surface area contributed by atoms with Gasteiger partial charge in [-0.3, -0.25) is 19.6 Å². The molecule has 0 spiro atoms. The van der Waals surface area contributed by atoms with Gasteiger partial charge in [0, 0.05) is 6.07 Å². The SMILES string of the molecule is CCOP(=O)(Cc1ccc(CN(C(=O)O)c2cc(Br)nc(N)c2[N+](=O)[O-])cc1)OCC. The molecule has 0 aliphatic heterocycles. The van der Waals surface area contributed by atoms with Crippen LogP contribution in [0.2, 0.25) is 0 Å². The Bertz CT molecular complexity index is 993. The fourth-order valence-corrected chi connectivity index (χ4v) is 4.95. The number of pyridine rings is 1. The third kappa shape index (κ3) is 6.47. The van der Waals surface area contributed by atoms with E-state index >= 15 is 0 Å². The number of halogens is 1. The summed E-state index contributed by atoms with van der Waals surface area (Å²) in [5, 5.41) is 21.1. The Kier molecular flexibility index (Phi) is 8.52. The number of nitrogen functional groups attached to an aromatic ring is 1. The van der Waals surface area contributed by atoms with Crippen LogP contribution >= 0.6 is 23.5 Å². The van der Waals surface area contributed by atoms with Gasteiger partial charge in [-0.15, -0.1) is 0 Å². The lowest BCUT2D eigenvalue weighted by molar-refractivity contribution is -0.383. The molecule has 0 saturated heterocycles. The van der Waals surface area contributed by atoms with Crippen molar-refractivity contribution in [2.45, 2.75) is 26.6 Å². The van der Waals surface area contributed by atoms with Crippen molar-refractivity contribution in [3.63, 3.8) is 0 Å². The lowest BCUT2D eigenvalue weighted by Crippen LogP contribution is -2.29. The molecule has 0 atom stereocenters. The Balaban J connectivity index is 2.31. The summed E-state index contributed by atoms with van der Waals surface area (Å²) in [5.74, 6) is -0.404. The maximum absolute atomic E-state index is 12.7. The molecular weight excluding hydrogens is 495 g/mol. The highest BCUT2D eigenvalue weighted by atomic mass is 79.9. The summed E-state index contributed by atoms with van der Waals surface area (Å²) in [6.07, 6.45) is -1.33. The van der Waals surface area contributed by atoms with E-state index in [1.54, 1.807) is 38.1 Å². The van der Waals surface area contributed by atoms with Crippen LogP contribution in [0, 0.1) is 10.1 Å². The number of hydrogen-bond acceptors (Lipinski definition) is 8. The van der Waals surface area contributed by atoms with E-state index in [0.717, 1.165) is 4.90 Å². The monoisotopic (exact) mass is 516 g/mol. The molecule has 168 valence electrons. The molecule has 1 aromatic carbocycles. The van der Waals surface area contributed by atoms with Gasteiger partial charge in [-0.2, -0.15) is 0 Å². The van der Waals surface area contributed by atoms with Gasteiger partial charge in [0.15, 0.2) is 0 Å². The third-order valence-electron chi connectivity index (χ3n) is 4.06. The van der Waals surface area contributed by atoms with Crippen molar-refractivity contribution in [1.82, 2.24) is 4.98 Å². The van der Waals surface area contributed by atoms with Gasteiger partial charge in [-0.1, -0.05) is 24.3 Å². The fourth-order valence-electron chi connectivity index (χ4n) is 2.84. The average Bonchev–Trinajstić information content (AvgIpc) is 2.66. The normalized spacial score (nSPS) is 11.3. The maximum Gasteiger partial charge on any atom is 0.412 e. The third-order valence-corrected chi connectivity index (χ3v) is 6.53. The molecule has 31 heavy (non-hydrogen) atoms. The van der Waals surface area contributed by atoms with Crippen LogP contribution in [0.1, 0.15) is 25.0 Å². The molecule has 3 N–H and O–H groups in total. The number of anilines is 2. The number of aromatic nitrogens is 1. The van der Waals surface area contributed by atoms with Crippen LogP contribution in [-0.2, 0) is 26.3 Å². The van der Waals surface area contributed by atoms with E-state index in [0.29, 0.717) is 11.1 Å². The van der Waals surface area contributed by atoms with Gasteiger partial charge in [0.05, 0.1) is 30.8 Å². The first-order valence-corrected chi connectivity index (χ1v) is 11.7. The number of carboxylic acid groups (broad SMARTS) is 1. The first-order valence-electron chi connectivity index (χ1n) is 9.17. The molecule has 0 fully saturated rings. The standard InChI is InChI=1S/C18H22BrN4O7P/c1-3-29-31(28,30-4-2)11-13-7-5-12(6-8-13)10-22(18(24)25)14-9-15(19)21-17(20)16(14)23(26)27/h5-9H,3-4,10-11H2,1-2H3,(H2,20,21)(H,24,25). The first kappa shape index (κ1) is 24.7. The number of nitro groups is 1. The molecule has 0 bridgehead atoms. The van der Waals surface area contributed by atoms with Crippen LogP contribution in [0.25, 0.3) is 0 Å². The van der Waals surface area contributed by atoms with Crippen LogP contribution < -0.4 is 10.6 Å². The quantitative estimate of drug-likeness (QED) is 0.196. The lowest BCUT2D eigenvalue weighted by atomic mass is 10.1. The largest absolute Gasteiger partial charge is 0.465 e. The number of amides is 1. The Labute approximate surface area is 187 Å². The molecule has 13 heteroatoms. The van der Waals surface area contributed by atoms with E-state index in [9.17, 15) is 24.6 Å². The molecule has 2 rings (SSSR count). The summed E-state index contributed by atoms with van der Waals surface area (Å²) in [5.41, 5.74) is 6.05. The lowest BCUT2D eigenvalue weighted by Gasteiger charge is -2.20. The molecule has 0 unspecified atom stereocenters. The highest BCUT2D eigenvalue weighted by molar-refractivity contribution is 9.10. The average molecular weight is 517 g/mol. The van der Waals surface area contributed by atoms with Crippen LogP contribution in [-0.4, -0.2) is 34.3 Å². The summed E-state index contributed by atoms with van der Waals surface area (Å²) < 4.78 is 23.4. The Morgan fingerprint density at radius 3 is 2.29 bits per heavy atom. The Morgan fingerprint density at radius 1 is 1.26 bits per heavy atom. The molecule has 0 aliphatic carbocycles. The van der Waals surface area contributed by atoms with Crippen LogP contribution in [0.15, 0.2) is 34.9 Å². The van der Waals surface area contributed by atoms with Gasteiger partial charge in [0.1, 0.15) is 10.3 Å². The van der Waals surface area contributed by atoms with Crippen LogP contribution in [0.4, 0.5) is 22.0 Å². The van der Waals surface area contributed by atoms with Crippen molar-refractivity contribution in [3.8, 4) is 0 Å². The molecule has 0 radical (unpaired) electrons. The van der Waals surface area contributed by atoms with E-state index in [4.69, 9.17) is 14.8 Å². The minimum absolute atomic E-state index is 0.0664. The molecule has 1 amide bonds. The zero-order chi connectivity index (χ0) is 23.2. The Hall–Kier alpha value is -2.53. The second-order valence-electron chi connectivity index (χ2n) is 6.24. The number of nitrogens with zero attached hydrogens (tertiary/aromatic N) is 3. The fraction of sp³-hybridized carbons (Fsp3) is 0.333. The Morgan fingerprint density at radius 2 is 1.81 bits per heavy atom. The molecule has 0 saturated carbocycles. The highest BCUT2D eigenvalue weighted by Gasteiger charge is 2.29. The number of benzene rings is 1. The summed E-state index contributed by atoms with van der Waals surface area (Å²) >= 11 is 3.08. The number of nitrogens with two attached hydrogens (primary N) is 1. The molecular formula is C18H22BrN4O7P. The second-order valence-corrected chi connectivity index (χ2v) is 9.11. The summed E-state index contributed by atoms with van der Waals surface area (Å²) in [4.78, 5) is 27.1. The molecule has 11 nitrogen and oxygen atoms in total. The minimum atomic E-state index is -3.28. The van der Waals surface area contributed by atoms with Gasteiger partial charge in [0.25, 0.3) is 0 Å². The summed E-state index contributed by atoms with van der Waals surface area (Å²) in [7, 11) is -3.28. The molecule has 0 aliphatic rings. The van der Waals surface area contributed by atoms with E-state index in [2.05, 4.69) is 20.9 Å². The van der Waals surface area contributed by atoms with Gasteiger partial charge in [-0.05, 0) is 40.9 Å². The van der Waals surface area contributed by atoms with Gasteiger partial charge < -0.3 is 19.9 Å². The zero-order valence-electron chi connectivity index (χ0n) is 16.9. The van der Waals surface area contributed by atoms with E-state index < -0.39 is 30.1 Å². The smallest absolute Gasteiger partial charge is 0.412 e. The van der Waals surface area contributed by atoms with Crippen molar-refractivity contribution < 1.29 is 28.4 Å². The van der Waals surface area contributed by atoms with Crippen LogP contribution in [0.3, 0.4) is 0 Å². The number of hydrogen-bond donors (Lipinski definition) is 2. The van der Waals surface area contributed by atoms with Crippen molar-refractivity contribution in [2.24, 2.45) is 0 Å². The minimum Gasteiger partial charge on any atom is -0.465 e. The number of rotatable bonds is 10. The molecule has 2 aromatic rings. The van der Waals surface area contributed by atoms with Gasteiger partial charge in [-0.25, -0.2) is 9.78 Å². The van der Waals surface area contributed by atoms with E-state index in [1.807, 2.05) is 0 Å². The predicted octanol–water partition coefficient (Wildman–Crippen LogP) is 4.79. The summed E-state index contributed by atoms with van der Waals surface area (Å²) in [6.45, 7) is 3.75. The van der Waals surface area contributed by atoms with Crippen molar-refractivity contribution in [2.75, 3.05) is 23.8 Å². The van der Waals surface area contributed by atoms with Gasteiger partial charge >= 0.3 is 19.4 Å². The van der Waals surface area contributed by atoms with Gasteiger partial charge in [0.2, 0.25) is 5.82 Å². The molecule has 1 heterocycles. The van der Waals surface area contributed by atoms with Crippen molar-refractivity contribution in [1.29, 1.82) is 0 Å². The first-order chi connectivity index (χ1) is 14.6. The van der Waals surface area contributed by atoms with E-state index in [-0.39, 0.29) is 36.2 Å². The second kappa shape index (κ2) is 10.7. The predicted molar refractivity (Wildman–Crippen MR) is 118 cm³/mol. The summed E-state index contributed by atoms with van der Waals surface area (Å²) in [6, 6.07) is 7.84. The van der Waals surface area contributed by atoms with Crippen LogP contribution in [0.5, 0.6) is 0 Å². The van der Waals surface area contributed by atoms with E-state index in [1.165, 1.54) is 6.07 Å². The topological polar surface area (TPSA) is 158 Å². The number of carbonyl (C=O) groups is 1. The maximum atomic E-state index is 12.7. The highest BCUT2D eigenvalue weighted by Crippen LogP contribution is 2.51. The van der Waals surface area contributed by atoms with Crippen molar-refractivity contribution >= 4 is 46.8 Å².